The predicted molar refractivity (Wildman–Crippen MR) is 36.8 cm³/mol. The van der Waals surface area contributed by atoms with Crippen LogP contribution in [0.2, 0.25) is 0 Å². The van der Waals surface area contributed by atoms with E-state index < -0.39 is 5.91 Å². The lowest BCUT2D eigenvalue weighted by atomic mass is 10.6. The molecule has 0 bridgehead atoms. The fourth-order valence-electron chi connectivity index (χ4n) is 0.252. The molecule has 0 fully saturated rings. The minimum atomic E-state index is -0.522. The van der Waals surface area contributed by atoms with Gasteiger partial charge < -0.3 is 16.2 Å². The Kier molecular flexibility index (Phi) is 3.90. The van der Waals surface area contributed by atoms with Crippen LogP contribution in [-0.2, 0) is 9.53 Å². The number of hydrogen-bond donors (Lipinski definition) is 2. The van der Waals surface area contributed by atoms with Gasteiger partial charge in [0.05, 0.1) is 11.6 Å². The van der Waals surface area contributed by atoms with Crippen LogP contribution in [0.3, 0.4) is 0 Å². The molecule has 0 rings (SSSR count). The second-order valence-electron chi connectivity index (χ2n) is 1.43. The summed E-state index contributed by atoms with van der Waals surface area (Å²) < 4.78 is 4.62. The Hall–Kier alpha value is -0.680. The molecular formula is C4H8N2O2S. The van der Waals surface area contributed by atoms with Crippen LogP contribution in [0.15, 0.2) is 0 Å². The lowest BCUT2D eigenvalue weighted by molar-refractivity contribution is -0.121. The summed E-state index contributed by atoms with van der Waals surface area (Å²) in [4.78, 5) is 10.2. The molecule has 0 radical (unpaired) electrons. The molecule has 0 spiro atoms. The van der Waals surface area contributed by atoms with Crippen molar-refractivity contribution < 1.29 is 9.53 Å². The van der Waals surface area contributed by atoms with E-state index in [1.807, 2.05) is 0 Å². The molecule has 4 N–H and O–H groups in total. The summed E-state index contributed by atoms with van der Waals surface area (Å²) in [6.45, 7) is -0.0182. The first kappa shape index (κ1) is 8.32. The number of carbonyl (C=O) groups excluding carboxylic acids is 1. The zero-order valence-electron chi connectivity index (χ0n) is 4.79. The largest absolute Gasteiger partial charge is 0.391 e. The Bertz CT molecular complexity index is 112. The molecular weight excluding hydrogens is 140 g/mol. The minimum absolute atomic E-state index is 0.109. The van der Waals surface area contributed by atoms with Crippen LogP contribution in [0.4, 0.5) is 0 Å². The summed E-state index contributed by atoms with van der Waals surface area (Å²) in [5, 5.41) is 0. The van der Waals surface area contributed by atoms with Gasteiger partial charge in [-0.3, -0.25) is 4.79 Å². The maximum Gasteiger partial charge on any atom is 0.243 e. The molecule has 0 aliphatic rings. The van der Waals surface area contributed by atoms with Crippen molar-refractivity contribution in [2.75, 3.05) is 13.2 Å². The first-order valence-corrected chi connectivity index (χ1v) is 2.68. The number of rotatable bonds is 4. The van der Waals surface area contributed by atoms with Gasteiger partial charge in [-0.25, -0.2) is 0 Å². The molecule has 0 unspecified atom stereocenters. The number of amides is 1. The van der Waals surface area contributed by atoms with Crippen LogP contribution in [-0.4, -0.2) is 24.1 Å². The van der Waals surface area contributed by atoms with Gasteiger partial charge in [0.15, 0.2) is 0 Å². The second-order valence-corrected chi connectivity index (χ2v) is 1.95. The van der Waals surface area contributed by atoms with Crippen LogP contribution < -0.4 is 11.5 Å². The van der Waals surface area contributed by atoms with Gasteiger partial charge in [0, 0.05) is 0 Å². The minimum Gasteiger partial charge on any atom is -0.391 e. The Labute approximate surface area is 58.1 Å². The summed E-state index contributed by atoms with van der Waals surface area (Å²) in [5.74, 6) is -0.522. The molecule has 5 heteroatoms. The molecule has 0 saturated carbocycles. The monoisotopic (exact) mass is 148 g/mol. The average Bonchev–Trinajstić information content (AvgIpc) is 1.63. The number of ether oxygens (including phenoxy) is 1. The van der Waals surface area contributed by atoms with Gasteiger partial charge in [-0.15, -0.1) is 0 Å². The highest BCUT2D eigenvalue weighted by molar-refractivity contribution is 7.80. The van der Waals surface area contributed by atoms with Gasteiger partial charge in [0.2, 0.25) is 5.91 Å². The molecule has 1 amide bonds. The quantitative estimate of drug-likeness (QED) is 0.489. The summed E-state index contributed by atoms with van der Waals surface area (Å²) in [6, 6.07) is 0. The maximum atomic E-state index is 9.99. The zero-order valence-corrected chi connectivity index (χ0v) is 5.61. The van der Waals surface area contributed by atoms with Crippen molar-refractivity contribution in [3.05, 3.63) is 0 Å². The van der Waals surface area contributed by atoms with Crippen LogP contribution in [0.25, 0.3) is 0 Å². The van der Waals surface area contributed by atoms with Crippen molar-refractivity contribution in [3.63, 3.8) is 0 Å². The molecule has 0 aliphatic carbocycles. The third kappa shape index (κ3) is 7.32. The van der Waals surface area contributed by atoms with Crippen molar-refractivity contribution in [1.82, 2.24) is 0 Å². The first-order chi connectivity index (χ1) is 4.13. The van der Waals surface area contributed by atoms with Crippen LogP contribution >= 0.6 is 12.2 Å². The van der Waals surface area contributed by atoms with E-state index in [-0.39, 0.29) is 18.2 Å². The first-order valence-electron chi connectivity index (χ1n) is 2.27. The summed E-state index contributed by atoms with van der Waals surface area (Å²) >= 11 is 4.45. The van der Waals surface area contributed by atoms with Gasteiger partial charge in [-0.1, -0.05) is 12.2 Å². The Morgan fingerprint density at radius 1 is 1.44 bits per heavy atom. The highest BCUT2D eigenvalue weighted by Gasteiger charge is 1.93. The van der Waals surface area contributed by atoms with Crippen molar-refractivity contribution in [3.8, 4) is 0 Å². The zero-order chi connectivity index (χ0) is 7.28. The third-order valence-corrected chi connectivity index (χ3v) is 0.606. The van der Waals surface area contributed by atoms with Crippen molar-refractivity contribution in [2.45, 2.75) is 0 Å². The van der Waals surface area contributed by atoms with E-state index in [0.717, 1.165) is 0 Å². The molecule has 9 heavy (non-hydrogen) atoms. The smallest absolute Gasteiger partial charge is 0.243 e. The van der Waals surface area contributed by atoms with E-state index in [2.05, 4.69) is 17.0 Å². The molecule has 0 aliphatic heterocycles. The van der Waals surface area contributed by atoms with E-state index in [1.54, 1.807) is 0 Å². The van der Waals surface area contributed by atoms with E-state index in [1.165, 1.54) is 0 Å². The lowest BCUT2D eigenvalue weighted by Crippen LogP contribution is -2.23. The summed E-state index contributed by atoms with van der Waals surface area (Å²) in [7, 11) is 0. The highest BCUT2D eigenvalue weighted by Crippen LogP contribution is 1.72. The fourth-order valence-corrected chi connectivity index (χ4v) is 0.336. The highest BCUT2D eigenvalue weighted by atomic mass is 32.1. The van der Waals surface area contributed by atoms with Crippen LogP contribution in [0.1, 0.15) is 0 Å². The fraction of sp³-hybridized carbons (Fsp3) is 0.500. The number of carbonyl (C=O) groups is 1. The molecule has 0 saturated heterocycles. The number of hydrogen-bond acceptors (Lipinski definition) is 3. The Morgan fingerprint density at radius 2 is 2.00 bits per heavy atom. The summed E-state index contributed by atoms with van der Waals surface area (Å²) in [5.41, 5.74) is 9.76. The molecule has 0 aromatic rings. The molecule has 0 aromatic heterocycles. The standard InChI is InChI=1S/C4H8N2O2S/c5-3(7)1-8-2-4(6)9/h1-2H2,(H2,5,7)(H2,6,9). The predicted octanol–water partition coefficient (Wildman–Crippen LogP) is -1.23. The van der Waals surface area contributed by atoms with E-state index in [4.69, 9.17) is 11.5 Å². The van der Waals surface area contributed by atoms with Crippen LogP contribution in [0.5, 0.6) is 0 Å². The molecule has 52 valence electrons. The van der Waals surface area contributed by atoms with E-state index in [0.29, 0.717) is 0 Å². The second kappa shape index (κ2) is 4.22. The molecule has 4 nitrogen and oxygen atoms in total. The average molecular weight is 148 g/mol. The van der Waals surface area contributed by atoms with Crippen molar-refractivity contribution in [2.24, 2.45) is 11.5 Å². The molecule has 0 atom stereocenters. The van der Waals surface area contributed by atoms with Gasteiger partial charge >= 0.3 is 0 Å². The summed E-state index contributed by atoms with van der Waals surface area (Å²) in [6.07, 6.45) is 0. The third-order valence-electron chi connectivity index (χ3n) is 0.489. The van der Waals surface area contributed by atoms with Gasteiger partial charge in [-0.2, -0.15) is 0 Å². The lowest BCUT2D eigenvalue weighted by Gasteiger charge is -1.96. The number of nitrogens with two attached hydrogens (primary N) is 2. The van der Waals surface area contributed by atoms with Crippen LogP contribution in [0, 0.1) is 0 Å². The van der Waals surface area contributed by atoms with Crippen molar-refractivity contribution in [1.29, 1.82) is 0 Å². The SMILES string of the molecule is NC(=O)COCC(N)=S. The Balaban J connectivity index is 3.10. The Morgan fingerprint density at radius 3 is 2.33 bits per heavy atom. The maximum absolute atomic E-state index is 9.99. The van der Waals surface area contributed by atoms with Gasteiger partial charge in [0.25, 0.3) is 0 Å². The van der Waals surface area contributed by atoms with Gasteiger partial charge in [-0.05, 0) is 0 Å². The topological polar surface area (TPSA) is 78.3 Å². The van der Waals surface area contributed by atoms with Gasteiger partial charge in [0.1, 0.15) is 6.61 Å². The number of thiocarbonyl (C=S) groups is 1. The van der Waals surface area contributed by atoms with E-state index >= 15 is 0 Å². The molecule has 0 aromatic carbocycles. The van der Waals surface area contributed by atoms with E-state index in [9.17, 15) is 4.79 Å². The normalized spacial score (nSPS) is 8.89. The number of primary amides is 1. The van der Waals surface area contributed by atoms with Crippen molar-refractivity contribution >= 4 is 23.1 Å². The molecule has 0 heterocycles.